The van der Waals surface area contributed by atoms with Gasteiger partial charge in [-0.15, -0.1) is 0 Å². The first-order valence-corrected chi connectivity index (χ1v) is 10.4. The molecule has 1 amide bonds. The number of amides is 1. The zero-order valence-corrected chi connectivity index (χ0v) is 16.9. The molecular weight excluding hydrogens is 381 g/mol. The number of hydrogen-bond acceptors (Lipinski definition) is 4. The molecule has 6 heteroatoms. The van der Waals surface area contributed by atoms with Gasteiger partial charge < -0.3 is 15.0 Å². The average Bonchev–Trinajstić information content (AvgIpc) is 3.57. The maximum Gasteiger partial charge on any atom is 0.410 e. The van der Waals surface area contributed by atoms with Gasteiger partial charge in [-0.25, -0.2) is 9.18 Å². The summed E-state index contributed by atoms with van der Waals surface area (Å²) in [4.78, 5) is 13.8. The number of piperidine rings is 1. The minimum Gasteiger partial charge on any atom is -0.445 e. The molecule has 2 aromatic carbocycles. The molecule has 0 radical (unpaired) electrons. The Morgan fingerprint density at radius 2 is 1.87 bits per heavy atom. The number of benzene rings is 2. The summed E-state index contributed by atoms with van der Waals surface area (Å²) < 4.78 is 20.6. The summed E-state index contributed by atoms with van der Waals surface area (Å²) in [5.41, 5.74) is 1.48. The lowest BCUT2D eigenvalue weighted by Gasteiger charge is -2.36. The summed E-state index contributed by atoms with van der Waals surface area (Å²) >= 11 is 0. The van der Waals surface area contributed by atoms with E-state index in [1.807, 2.05) is 54.6 Å². The Hall–Kier alpha value is -2.91. The SMILES string of the molecule is N#Cc1ccc([C@@H]2C[C@H]2NCC2(F)CCN(C(=O)OCc3ccccc3)CC2)cc1. The van der Waals surface area contributed by atoms with Gasteiger partial charge in [-0.1, -0.05) is 42.5 Å². The third kappa shape index (κ3) is 4.98. The summed E-state index contributed by atoms with van der Waals surface area (Å²) in [6.07, 6.45) is 1.24. The van der Waals surface area contributed by atoms with Crippen molar-refractivity contribution in [1.82, 2.24) is 10.2 Å². The minimum atomic E-state index is -1.30. The van der Waals surface area contributed by atoms with E-state index in [9.17, 15) is 4.79 Å². The normalized spacial score (nSPS) is 22.2. The van der Waals surface area contributed by atoms with Crippen LogP contribution < -0.4 is 5.32 Å². The van der Waals surface area contributed by atoms with Gasteiger partial charge in [-0.05, 0) is 29.7 Å². The second-order valence-corrected chi connectivity index (χ2v) is 8.24. The van der Waals surface area contributed by atoms with Crippen LogP contribution >= 0.6 is 0 Å². The molecule has 2 aromatic rings. The Morgan fingerprint density at radius 1 is 1.17 bits per heavy atom. The number of carbonyl (C=O) groups is 1. The smallest absolute Gasteiger partial charge is 0.410 e. The van der Waals surface area contributed by atoms with Gasteiger partial charge in [0, 0.05) is 44.4 Å². The second-order valence-electron chi connectivity index (χ2n) is 8.24. The second kappa shape index (κ2) is 8.85. The molecule has 5 nitrogen and oxygen atoms in total. The van der Waals surface area contributed by atoms with Crippen LogP contribution in [0.3, 0.4) is 0 Å². The van der Waals surface area contributed by atoms with Crippen molar-refractivity contribution >= 4 is 6.09 Å². The maximum absolute atomic E-state index is 15.2. The van der Waals surface area contributed by atoms with E-state index in [1.54, 1.807) is 4.90 Å². The molecule has 4 rings (SSSR count). The number of ether oxygens (including phenoxy) is 1. The lowest BCUT2D eigenvalue weighted by atomic mass is 9.93. The van der Waals surface area contributed by atoms with E-state index in [2.05, 4.69) is 11.4 Å². The monoisotopic (exact) mass is 407 g/mol. The van der Waals surface area contributed by atoms with E-state index < -0.39 is 5.67 Å². The Morgan fingerprint density at radius 3 is 2.53 bits per heavy atom. The largest absolute Gasteiger partial charge is 0.445 e. The van der Waals surface area contributed by atoms with Crippen LogP contribution in [0.1, 0.15) is 41.9 Å². The quantitative estimate of drug-likeness (QED) is 0.782. The molecule has 0 aromatic heterocycles. The minimum absolute atomic E-state index is 0.233. The summed E-state index contributed by atoms with van der Waals surface area (Å²) in [5, 5.41) is 12.3. The van der Waals surface area contributed by atoms with Crippen molar-refractivity contribution in [2.24, 2.45) is 0 Å². The first-order chi connectivity index (χ1) is 14.6. The molecule has 156 valence electrons. The zero-order valence-electron chi connectivity index (χ0n) is 16.9. The third-order valence-electron chi connectivity index (χ3n) is 6.06. The number of nitrogens with zero attached hydrogens (tertiary/aromatic N) is 2. The zero-order chi connectivity index (χ0) is 21.0. The van der Waals surface area contributed by atoms with Crippen LogP contribution in [0.4, 0.5) is 9.18 Å². The van der Waals surface area contributed by atoms with Crippen LogP contribution in [0.15, 0.2) is 54.6 Å². The van der Waals surface area contributed by atoms with Gasteiger partial charge >= 0.3 is 6.09 Å². The molecule has 1 saturated heterocycles. The van der Waals surface area contributed by atoms with Gasteiger partial charge in [0.25, 0.3) is 0 Å². The predicted octanol–water partition coefficient (Wildman–Crippen LogP) is 4.14. The molecule has 0 bridgehead atoms. The summed E-state index contributed by atoms with van der Waals surface area (Å²) in [5.74, 6) is 0.384. The Balaban J connectivity index is 1.19. The highest BCUT2D eigenvalue weighted by Crippen LogP contribution is 2.41. The number of hydrogen-bond donors (Lipinski definition) is 1. The maximum atomic E-state index is 15.2. The van der Waals surface area contributed by atoms with Gasteiger partial charge in [-0.2, -0.15) is 5.26 Å². The first-order valence-electron chi connectivity index (χ1n) is 10.4. The van der Waals surface area contributed by atoms with Crippen LogP contribution in [-0.4, -0.2) is 42.3 Å². The van der Waals surface area contributed by atoms with Crippen LogP contribution in [0.5, 0.6) is 0 Å². The molecule has 1 aliphatic carbocycles. The molecule has 0 spiro atoms. The molecule has 0 unspecified atom stereocenters. The number of alkyl halides is 1. The van der Waals surface area contributed by atoms with Crippen molar-refractivity contribution < 1.29 is 13.9 Å². The van der Waals surface area contributed by atoms with Gasteiger partial charge in [0.15, 0.2) is 0 Å². The number of nitriles is 1. The van der Waals surface area contributed by atoms with Crippen molar-refractivity contribution in [3.8, 4) is 6.07 Å². The van der Waals surface area contributed by atoms with Crippen LogP contribution in [0.25, 0.3) is 0 Å². The predicted molar refractivity (Wildman–Crippen MR) is 112 cm³/mol. The highest BCUT2D eigenvalue weighted by molar-refractivity contribution is 5.67. The first kappa shape index (κ1) is 20.4. The van der Waals surface area contributed by atoms with E-state index in [0.717, 1.165) is 12.0 Å². The van der Waals surface area contributed by atoms with Crippen molar-refractivity contribution in [3.05, 3.63) is 71.3 Å². The number of nitrogens with one attached hydrogen (secondary N) is 1. The van der Waals surface area contributed by atoms with E-state index in [1.165, 1.54) is 5.56 Å². The van der Waals surface area contributed by atoms with E-state index in [4.69, 9.17) is 10.00 Å². The lowest BCUT2D eigenvalue weighted by Crippen LogP contribution is -2.49. The molecule has 2 aliphatic rings. The fraction of sp³-hybridized carbons (Fsp3) is 0.417. The van der Waals surface area contributed by atoms with Crippen LogP contribution in [0, 0.1) is 11.3 Å². The van der Waals surface area contributed by atoms with Crippen LogP contribution in [0.2, 0.25) is 0 Å². The van der Waals surface area contributed by atoms with Gasteiger partial charge in [0.1, 0.15) is 12.3 Å². The molecule has 1 saturated carbocycles. The Labute approximate surface area is 176 Å². The van der Waals surface area contributed by atoms with Crippen molar-refractivity contribution in [2.45, 2.75) is 43.5 Å². The van der Waals surface area contributed by atoms with E-state index in [-0.39, 0.29) is 18.7 Å². The number of carbonyl (C=O) groups excluding carboxylic acids is 1. The van der Waals surface area contributed by atoms with Crippen molar-refractivity contribution in [3.63, 3.8) is 0 Å². The summed E-state index contributed by atoms with van der Waals surface area (Å²) in [6, 6.07) is 19.6. The van der Waals surface area contributed by atoms with Gasteiger partial charge in [0.05, 0.1) is 11.6 Å². The van der Waals surface area contributed by atoms with E-state index in [0.29, 0.717) is 44.0 Å². The number of halogens is 1. The molecule has 2 fully saturated rings. The third-order valence-corrected chi connectivity index (χ3v) is 6.06. The Kier molecular flexibility index (Phi) is 6.01. The lowest BCUT2D eigenvalue weighted by molar-refractivity contribution is 0.0408. The average molecular weight is 407 g/mol. The number of rotatable bonds is 6. The van der Waals surface area contributed by atoms with Gasteiger partial charge in [0.2, 0.25) is 0 Å². The summed E-state index contributed by atoms with van der Waals surface area (Å²) in [6.45, 7) is 1.28. The van der Waals surface area contributed by atoms with Crippen molar-refractivity contribution in [2.75, 3.05) is 19.6 Å². The molecule has 2 atom stereocenters. The fourth-order valence-electron chi connectivity index (χ4n) is 3.99. The van der Waals surface area contributed by atoms with Crippen molar-refractivity contribution in [1.29, 1.82) is 5.26 Å². The standard InChI is InChI=1S/C24H26FN3O2/c25-24(17-27-22-14-21(22)20-8-6-18(15-26)7-9-20)10-12-28(13-11-24)23(29)30-16-19-4-2-1-3-5-19/h1-9,21-22,27H,10-14,16-17H2/t21-,22+/m0/s1. The molecular formula is C24H26FN3O2. The topological polar surface area (TPSA) is 65.4 Å². The van der Waals surface area contributed by atoms with E-state index >= 15 is 4.39 Å². The Bertz CT molecular complexity index is 902. The van der Waals surface area contributed by atoms with Crippen LogP contribution in [-0.2, 0) is 11.3 Å². The highest BCUT2D eigenvalue weighted by atomic mass is 19.1. The summed E-state index contributed by atoms with van der Waals surface area (Å²) in [7, 11) is 0. The number of likely N-dealkylation sites (tertiary alicyclic amines) is 1. The molecule has 1 N–H and O–H groups in total. The highest BCUT2D eigenvalue weighted by Gasteiger charge is 2.42. The fourth-order valence-corrected chi connectivity index (χ4v) is 3.99. The molecule has 1 heterocycles. The molecule has 30 heavy (non-hydrogen) atoms. The van der Waals surface area contributed by atoms with Gasteiger partial charge in [-0.3, -0.25) is 0 Å². The molecule has 1 aliphatic heterocycles.